The Balaban J connectivity index is 2.42. The fraction of sp³-hybridized carbons (Fsp3) is 0.400. The van der Waals surface area contributed by atoms with E-state index in [1.54, 1.807) is 30.4 Å². The third-order valence-electron chi connectivity index (χ3n) is 4.28. The number of allylic oxidation sites excluding steroid dienone is 1. The molecule has 0 saturated heterocycles. The van der Waals surface area contributed by atoms with E-state index in [-0.39, 0.29) is 11.8 Å². The first-order valence-electron chi connectivity index (χ1n) is 9.01. The van der Waals surface area contributed by atoms with Crippen LogP contribution in [0, 0.1) is 0 Å². The van der Waals surface area contributed by atoms with Gasteiger partial charge < -0.3 is 29.6 Å². The molecule has 0 saturated carbocycles. The number of nitrogens with one attached hydrogen (secondary N) is 2. The van der Waals surface area contributed by atoms with E-state index in [2.05, 4.69) is 20.9 Å². The summed E-state index contributed by atoms with van der Waals surface area (Å²) in [5.74, 6) is -1.01. The zero-order valence-electron chi connectivity index (χ0n) is 17.8. The van der Waals surface area contributed by atoms with Crippen LogP contribution in [0.2, 0.25) is 0 Å². The Bertz CT molecular complexity index is 889. The molecule has 1 unspecified atom stereocenters. The van der Waals surface area contributed by atoms with E-state index in [1.807, 2.05) is 0 Å². The van der Waals surface area contributed by atoms with Crippen LogP contribution in [0.3, 0.4) is 0 Å². The lowest BCUT2D eigenvalue weighted by molar-refractivity contribution is -0.184. The molecular formula is C20H26N4O6. The van der Waals surface area contributed by atoms with Crippen molar-refractivity contribution >= 4 is 23.2 Å². The number of azo groups is 1. The zero-order valence-corrected chi connectivity index (χ0v) is 17.8. The first-order valence-corrected chi connectivity index (χ1v) is 9.01. The molecule has 10 heteroatoms. The highest BCUT2D eigenvalue weighted by Crippen LogP contribution is 2.36. The first kappa shape index (κ1) is 23.0. The van der Waals surface area contributed by atoms with Crippen molar-refractivity contribution in [2.75, 3.05) is 33.8 Å². The van der Waals surface area contributed by atoms with Gasteiger partial charge in [-0.15, -0.1) is 0 Å². The SMILES string of the molecule is COC1=CC(NC(C)=O)=CC(OC)(OC)C1N=Nc1ccc(NC(C)=O)cc1OC. The molecule has 1 aliphatic rings. The summed E-state index contributed by atoms with van der Waals surface area (Å²) in [4.78, 5) is 22.7. The quantitative estimate of drug-likeness (QED) is 0.495. The van der Waals surface area contributed by atoms with Gasteiger partial charge >= 0.3 is 0 Å². The lowest BCUT2D eigenvalue weighted by Gasteiger charge is -2.36. The van der Waals surface area contributed by atoms with Crippen LogP contribution in [-0.2, 0) is 23.8 Å². The van der Waals surface area contributed by atoms with Gasteiger partial charge in [0.2, 0.25) is 17.6 Å². The number of carbonyl (C=O) groups excluding carboxylic acids is 2. The molecule has 0 bridgehead atoms. The van der Waals surface area contributed by atoms with E-state index in [0.717, 1.165) is 0 Å². The number of hydrogen-bond acceptors (Lipinski definition) is 8. The van der Waals surface area contributed by atoms with Gasteiger partial charge in [0.1, 0.15) is 17.2 Å². The summed E-state index contributed by atoms with van der Waals surface area (Å²) in [7, 11) is 5.87. The van der Waals surface area contributed by atoms with Crippen LogP contribution < -0.4 is 15.4 Å². The van der Waals surface area contributed by atoms with Crippen LogP contribution in [0.4, 0.5) is 11.4 Å². The molecule has 2 amide bonds. The Morgan fingerprint density at radius 2 is 1.67 bits per heavy atom. The molecule has 30 heavy (non-hydrogen) atoms. The van der Waals surface area contributed by atoms with E-state index in [0.29, 0.717) is 28.6 Å². The van der Waals surface area contributed by atoms with Gasteiger partial charge in [-0.3, -0.25) is 9.59 Å². The standard InChI is InChI=1S/C20H26N4O6/c1-12(25)21-14-7-8-16(17(9-14)27-3)23-24-19-18(28-4)10-15(22-13(2)26)11-20(19,29-5)30-6/h7-11,19H,1-6H3,(H,21,25)(H,22,26). The van der Waals surface area contributed by atoms with Crippen molar-refractivity contribution < 1.29 is 28.5 Å². The third-order valence-corrected chi connectivity index (χ3v) is 4.28. The maximum absolute atomic E-state index is 11.5. The summed E-state index contributed by atoms with van der Waals surface area (Å²) in [5.41, 5.74) is 1.45. The van der Waals surface area contributed by atoms with Crippen LogP contribution in [0.5, 0.6) is 5.75 Å². The van der Waals surface area contributed by atoms with E-state index < -0.39 is 11.8 Å². The van der Waals surface area contributed by atoms with Gasteiger partial charge in [0.15, 0.2) is 6.04 Å². The van der Waals surface area contributed by atoms with Crippen LogP contribution in [0.1, 0.15) is 13.8 Å². The smallest absolute Gasteiger partial charge is 0.222 e. The molecule has 0 radical (unpaired) electrons. The van der Waals surface area contributed by atoms with Gasteiger partial charge in [-0.25, -0.2) is 0 Å². The molecule has 162 valence electrons. The highest BCUT2D eigenvalue weighted by molar-refractivity contribution is 5.89. The number of hydrogen-bond donors (Lipinski definition) is 2. The minimum atomic E-state index is -1.36. The Labute approximate surface area is 174 Å². The first-order chi connectivity index (χ1) is 14.3. The molecule has 1 atom stereocenters. The Kier molecular flexibility index (Phi) is 7.67. The topological polar surface area (TPSA) is 120 Å². The number of rotatable bonds is 8. The van der Waals surface area contributed by atoms with Crippen LogP contribution in [-0.4, -0.2) is 52.1 Å². The number of ether oxygens (including phenoxy) is 4. The van der Waals surface area contributed by atoms with E-state index in [1.165, 1.54) is 42.3 Å². The molecule has 1 aromatic carbocycles. The molecule has 0 heterocycles. The molecule has 0 fully saturated rings. The highest BCUT2D eigenvalue weighted by atomic mass is 16.7. The van der Waals surface area contributed by atoms with Crippen molar-refractivity contribution in [1.29, 1.82) is 0 Å². The molecule has 10 nitrogen and oxygen atoms in total. The van der Waals surface area contributed by atoms with Gasteiger partial charge in [-0.05, 0) is 12.1 Å². The Morgan fingerprint density at radius 1 is 1.00 bits per heavy atom. The summed E-state index contributed by atoms with van der Waals surface area (Å²) in [6, 6.07) is 4.18. The molecule has 0 aliphatic heterocycles. The maximum Gasteiger partial charge on any atom is 0.222 e. The Hall–Kier alpha value is -3.24. The average Bonchev–Trinajstić information content (AvgIpc) is 2.71. The molecule has 1 aliphatic carbocycles. The minimum Gasteiger partial charge on any atom is -0.498 e. The molecule has 0 spiro atoms. The number of nitrogens with zero attached hydrogens (tertiary/aromatic N) is 2. The van der Waals surface area contributed by atoms with Gasteiger partial charge in [-0.1, -0.05) is 0 Å². The van der Waals surface area contributed by atoms with Gasteiger partial charge in [0.05, 0.1) is 14.2 Å². The summed E-state index contributed by atoms with van der Waals surface area (Å²) in [6.45, 7) is 2.81. The van der Waals surface area contributed by atoms with Crippen LogP contribution in [0.25, 0.3) is 0 Å². The minimum absolute atomic E-state index is 0.199. The number of benzene rings is 1. The molecule has 2 rings (SSSR count). The average molecular weight is 418 g/mol. The second-order valence-electron chi connectivity index (χ2n) is 6.35. The normalized spacial score (nSPS) is 17.7. The predicted molar refractivity (Wildman–Crippen MR) is 109 cm³/mol. The second-order valence-corrected chi connectivity index (χ2v) is 6.35. The van der Waals surface area contributed by atoms with Crippen molar-refractivity contribution in [3.63, 3.8) is 0 Å². The zero-order chi connectivity index (χ0) is 22.3. The van der Waals surface area contributed by atoms with Crippen molar-refractivity contribution in [2.24, 2.45) is 10.2 Å². The number of amides is 2. The van der Waals surface area contributed by atoms with Gasteiger partial charge in [0.25, 0.3) is 0 Å². The predicted octanol–water partition coefficient (Wildman–Crippen LogP) is 2.66. The van der Waals surface area contributed by atoms with E-state index in [9.17, 15) is 9.59 Å². The van der Waals surface area contributed by atoms with Gasteiger partial charge in [0, 0.05) is 57.7 Å². The fourth-order valence-corrected chi connectivity index (χ4v) is 2.94. The number of carbonyl (C=O) groups is 2. The fourth-order valence-electron chi connectivity index (χ4n) is 2.94. The second kappa shape index (κ2) is 9.99. The third kappa shape index (κ3) is 5.22. The molecule has 1 aromatic rings. The molecule has 2 N–H and O–H groups in total. The number of methoxy groups -OCH3 is 4. The number of anilines is 1. The lowest BCUT2D eigenvalue weighted by Crippen LogP contribution is -2.47. The van der Waals surface area contributed by atoms with Crippen molar-refractivity contribution in [1.82, 2.24) is 5.32 Å². The van der Waals surface area contributed by atoms with E-state index in [4.69, 9.17) is 18.9 Å². The maximum atomic E-state index is 11.5. The summed E-state index contributed by atoms with van der Waals surface area (Å²) in [6.07, 6.45) is 3.22. The van der Waals surface area contributed by atoms with Crippen molar-refractivity contribution in [2.45, 2.75) is 25.7 Å². The monoisotopic (exact) mass is 418 g/mol. The highest BCUT2D eigenvalue weighted by Gasteiger charge is 2.44. The summed E-state index contributed by atoms with van der Waals surface area (Å²) in [5, 5.41) is 14.0. The molecule has 0 aromatic heterocycles. The van der Waals surface area contributed by atoms with E-state index >= 15 is 0 Å². The largest absolute Gasteiger partial charge is 0.498 e. The van der Waals surface area contributed by atoms with Crippen molar-refractivity contribution in [3.05, 3.63) is 41.8 Å². The summed E-state index contributed by atoms with van der Waals surface area (Å²) >= 11 is 0. The Morgan fingerprint density at radius 3 is 2.20 bits per heavy atom. The van der Waals surface area contributed by atoms with Crippen molar-refractivity contribution in [3.8, 4) is 5.75 Å². The van der Waals surface area contributed by atoms with Crippen LogP contribution in [0.15, 0.2) is 52.0 Å². The van der Waals surface area contributed by atoms with Crippen LogP contribution >= 0.6 is 0 Å². The molecular weight excluding hydrogens is 392 g/mol. The van der Waals surface area contributed by atoms with Gasteiger partial charge in [-0.2, -0.15) is 10.2 Å². The lowest BCUT2D eigenvalue weighted by atomic mass is 9.98. The summed E-state index contributed by atoms with van der Waals surface area (Å²) < 4.78 is 22.0.